The van der Waals surface area contributed by atoms with Crippen molar-refractivity contribution in [1.82, 2.24) is 15.2 Å². The smallest absolute Gasteiger partial charge is 0.251 e. The quantitative estimate of drug-likeness (QED) is 0.451. The van der Waals surface area contributed by atoms with Crippen LogP contribution in [0.25, 0.3) is 10.9 Å². The molecule has 8 heteroatoms. The Bertz CT molecular complexity index is 1270. The van der Waals surface area contributed by atoms with E-state index in [1.165, 1.54) is 31.6 Å². The van der Waals surface area contributed by atoms with Gasteiger partial charge in [-0.05, 0) is 68.8 Å². The highest BCUT2D eigenvalue weighted by Gasteiger charge is 2.50. The van der Waals surface area contributed by atoms with Crippen molar-refractivity contribution in [3.63, 3.8) is 0 Å². The second-order valence-electron chi connectivity index (χ2n) is 10.5. The number of rotatable bonds is 5. The number of likely N-dealkylation sites (tertiary alicyclic amines) is 1. The highest BCUT2D eigenvalue weighted by atomic mass is 16.5. The largest absolute Gasteiger partial charge is 0.494 e. The number of ether oxygens (including phenoxy) is 1. The van der Waals surface area contributed by atoms with Gasteiger partial charge in [0.15, 0.2) is 5.88 Å². The van der Waals surface area contributed by atoms with E-state index >= 15 is 0 Å². The summed E-state index contributed by atoms with van der Waals surface area (Å²) < 4.78 is 4.94. The molecule has 0 aliphatic carbocycles. The van der Waals surface area contributed by atoms with Crippen LogP contribution >= 0.6 is 0 Å². The summed E-state index contributed by atoms with van der Waals surface area (Å²) in [6.07, 6.45) is 3.20. The van der Waals surface area contributed by atoms with E-state index in [-0.39, 0.29) is 11.8 Å². The van der Waals surface area contributed by atoms with Crippen LogP contribution in [-0.2, 0) is 4.74 Å². The number of nitrogens with zero attached hydrogens (tertiary/aromatic N) is 3. The fraction of sp³-hybridized carbons (Fsp3) is 0.448. The minimum atomic E-state index is -0.162. The van der Waals surface area contributed by atoms with Gasteiger partial charge >= 0.3 is 0 Å². The highest BCUT2D eigenvalue weighted by Crippen LogP contribution is 2.41. The number of carbonyl (C=O) groups excluding carboxylic acids is 1. The van der Waals surface area contributed by atoms with E-state index in [2.05, 4.69) is 39.3 Å². The van der Waals surface area contributed by atoms with E-state index in [1.54, 1.807) is 19.2 Å². The van der Waals surface area contributed by atoms with Gasteiger partial charge in [0.1, 0.15) is 0 Å². The summed E-state index contributed by atoms with van der Waals surface area (Å²) in [5, 5.41) is 14.0. The van der Waals surface area contributed by atoms with Gasteiger partial charge in [0.25, 0.3) is 5.91 Å². The SMILES string of the molecule is C1CCOC1.CCC(=Nc1ccc(N2CC3(CN(C)C3)C2)cc1)c1c(O)[nH]c2ccc(C(=O)NC)cc12. The number of fused-ring (bicyclic) bond motifs is 1. The van der Waals surface area contributed by atoms with Crippen molar-refractivity contribution in [3.8, 4) is 5.88 Å². The molecule has 3 fully saturated rings. The van der Waals surface area contributed by atoms with Crippen LogP contribution < -0.4 is 10.2 Å². The molecule has 4 heterocycles. The number of H-pyrrole nitrogens is 1. The molecule has 3 aromatic rings. The molecule has 0 atom stereocenters. The third kappa shape index (κ3) is 5.22. The van der Waals surface area contributed by atoms with Crippen LogP contribution in [0, 0.1) is 5.41 Å². The van der Waals surface area contributed by atoms with Crippen molar-refractivity contribution in [1.29, 1.82) is 0 Å². The van der Waals surface area contributed by atoms with Crippen LogP contribution in [0.4, 0.5) is 11.4 Å². The van der Waals surface area contributed by atoms with Gasteiger partial charge < -0.3 is 29.9 Å². The average Bonchev–Trinajstić information content (AvgIpc) is 3.55. The standard InChI is InChI=1S/C25H29N5O2.C4H8O/c1-4-20(22-19-11-16(23(31)26-2)5-10-21(19)28-24(22)32)27-17-6-8-18(9-7-17)30-14-25(15-30)12-29(3)13-25;1-2-4-5-3-1/h5-11,28,32H,4,12-15H2,1-3H3,(H,26,31);1-4H2. The number of hydrogen-bond acceptors (Lipinski definition) is 6. The van der Waals surface area contributed by atoms with Crippen molar-refractivity contribution in [2.45, 2.75) is 26.2 Å². The lowest BCUT2D eigenvalue weighted by Gasteiger charge is -2.60. The van der Waals surface area contributed by atoms with Crippen LogP contribution in [0.1, 0.15) is 42.1 Å². The Morgan fingerprint density at radius 2 is 1.81 bits per heavy atom. The van der Waals surface area contributed by atoms with Crippen molar-refractivity contribution < 1.29 is 14.6 Å². The third-order valence-corrected chi connectivity index (χ3v) is 7.46. The maximum Gasteiger partial charge on any atom is 0.251 e. The topological polar surface area (TPSA) is 93.2 Å². The fourth-order valence-corrected chi connectivity index (χ4v) is 5.72. The summed E-state index contributed by atoms with van der Waals surface area (Å²) in [5.74, 6) is -0.0898. The zero-order valence-corrected chi connectivity index (χ0v) is 22.0. The van der Waals surface area contributed by atoms with Crippen LogP contribution in [0.3, 0.4) is 0 Å². The number of hydrogen-bond donors (Lipinski definition) is 3. The first kappa shape index (κ1) is 25.3. The summed E-state index contributed by atoms with van der Waals surface area (Å²) in [6.45, 7) is 8.65. The van der Waals surface area contributed by atoms with E-state index in [1.807, 2.05) is 25.1 Å². The number of aromatic hydroxyl groups is 1. The lowest BCUT2D eigenvalue weighted by molar-refractivity contribution is -0.00238. The lowest BCUT2D eigenvalue weighted by Crippen LogP contribution is -2.71. The number of amides is 1. The molecular weight excluding hydrogens is 466 g/mol. The molecule has 1 amide bonds. The van der Waals surface area contributed by atoms with E-state index in [0.29, 0.717) is 23.0 Å². The monoisotopic (exact) mass is 503 g/mol. The Hall–Kier alpha value is -3.36. The second-order valence-corrected chi connectivity index (χ2v) is 10.5. The van der Waals surface area contributed by atoms with E-state index in [4.69, 9.17) is 9.73 Å². The van der Waals surface area contributed by atoms with Gasteiger partial charge in [0.2, 0.25) is 0 Å². The molecular formula is C29H37N5O3. The van der Waals surface area contributed by atoms with E-state index in [0.717, 1.165) is 48.6 Å². The predicted molar refractivity (Wildman–Crippen MR) is 148 cm³/mol. The molecule has 0 bridgehead atoms. The molecule has 1 aromatic heterocycles. The van der Waals surface area contributed by atoms with Crippen molar-refractivity contribution in [3.05, 3.63) is 53.6 Å². The van der Waals surface area contributed by atoms with Crippen molar-refractivity contribution in [2.24, 2.45) is 10.4 Å². The van der Waals surface area contributed by atoms with Gasteiger partial charge in [-0.2, -0.15) is 0 Å². The molecule has 6 rings (SSSR count). The Balaban J connectivity index is 0.000000503. The number of nitrogens with one attached hydrogen (secondary N) is 2. The molecule has 8 nitrogen and oxygen atoms in total. The number of aromatic amines is 1. The maximum absolute atomic E-state index is 12.1. The molecule has 1 spiro atoms. The van der Waals surface area contributed by atoms with E-state index < -0.39 is 0 Å². The summed E-state index contributed by atoms with van der Waals surface area (Å²) in [6, 6.07) is 13.7. The second kappa shape index (κ2) is 10.6. The van der Waals surface area contributed by atoms with Crippen molar-refractivity contribution in [2.75, 3.05) is 58.4 Å². The van der Waals surface area contributed by atoms with Gasteiger partial charge in [0.05, 0.1) is 17.0 Å². The molecule has 196 valence electrons. The molecule has 0 radical (unpaired) electrons. The normalized spacial score (nSPS) is 18.8. The first-order valence-corrected chi connectivity index (χ1v) is 13.2. The number of aromatic nitrogens is 1. The Morgan fingerprint density at radius 1 is 1.11 bits per heavy atom. The molecule has 3 N–H and O–H groups in total. The lowest BCUT2D eigenvalue weighted by atomic mass is 9.73. The third-order valence-electron chi connectivity index (χ3n) is 7.46. The maximum atomic E-state index is 12.1. The van der Waals surface area contributed by atoms with Gasteiger partial charge in [-0.3, -0.25) is 9.79 Å². The number of aliphatic imine (C=N–C) groups is 1. The van der Waals surface area contributed by atoms with Gasteiger partial charge in [-0.1, -0.05) is 6.92 Å². The first-order chi connectivity index (χ1) is 17.9. The number of anilines is 1. The Morgan fingerprint density at radius 3 is 2.38 bits per heavy atom. The summed E-state index contributed by atoms with van der Waals surface area (Å²) >= 11 is 0. The highest BCUT2D eigenvalue weighted by molar-refractivity contribution is 6.14. The number of carbonyl (C=O) groups is 1. The molecule has 2 aromatic carbocycles. The fourth-order valence-electron chi connectivity index (χ4n) is 5.72. The minimum Gasteiger partial charge on any atom is -0.494 e. The van der Waals surface area contributed by atoms with E-state index in [9.17, 15) is 9.90 Å². The zero-order valence-electron chi connectivity index (χ0n) is 22.0. The Labute approximate surface area is 218 Å². The predicted octanol–water partition coefficient (Wildman–Crippen LogP) is 4.31. The van der Waals surface area contributed by atoms with Crippen LogP contribution in [-0.4, -0.2) is 80.1 Å². The number of benzene rings is 2. The van der Waals surface area contributed by atoms with Crippen molar-refractivity contribution >= 4 is 33.9 Å². The van der Waals surface area contributed by atoms with Gasteiger partial charge in [0, 0.05) is 74.0 Å². The summed E-state index contributed by atoms with van der Waals surface area (Å²) in [5.41, 5.74) is 5.32. The first-order valence-electron chi connectivity index (χ1n) is 13.2. The minimum absolute atomic E-state index is 0.0719. The average molecular weight is 504 g/mol. The van der Waals surface area contributed by atoms with Crippen LogP contribution in [0.2, 0.25) is 0 Å². The van der Waals surface area contributed by atoms with Gasteiger partial charge in [-0.25, -0.2) is 0 Å². The van der Waals surface area contributed by atoms with Crippen LogP contribution in [0.5, 0.6) is 5.88 Å². The molecule has 3 saturated heterocycles. The van der Waals surface area contributed by atoms with Gasteiger partial charge in [-0.15, -0.1) is 0 Å². The summed E-state index contributed by atoms with van der Waals surface area (Å²) in [4.78, 5) is 24.7. The molecule has 37 heavy (non-hydrogen) atoms. The summed E-state index contributed by atoms with van der Waals surface area (Å²) in [7, 11) is 3.78. The zero-order chi connectivity index (χ0) is 26.0. The molecule has 0 unspecified atom stereocenters. The molecule has 3 aliphatic heterocycles. The molecule has 3 aliphatic rings. The molecule has 0 saturated carbocycles. The Kier molecular flexibility index (Phi) is 7.22. The van der Waals surface area contributed by atoms with Crippen LogP contribution in [0.15, 0.2) is 47.5 Å².